The lowest BCUT2D eigenvalue weighted by atomic mass is 10.2. The van der Waals surface area contributed by atoms with Crippen molar-refractivity contribution in [3.63, 3.8) is 0 Å². The maximum Gasteiger partial charge on any atom is 0.395 e. The first-order chi connectivity index (χ1) is 15.5. The summed E-state index contributed by atoms with van der Waals surface area (Å²) >= 11 is 4.45. The lowest BCUT2D eigenvalue weighted by molar-refractivity contribution is -0.162. The van der Waals surface area contributed by atoms with Crippen LogP contribution in [0.1, 0.15) is 0 Å². The highest BCUT2D eigenvalue weighted by atomic mass is 32.2. The number of amides is 4. The average Bonchev–Trinajstić information content (AvgIpc) is 2.73. The fraction of sp³-hybridized carbons (Fsp3) is 0. The third-order valence-corrected chi connectivity index (χ3v) is 5.14. The van der Waals surface area contributed by atoms with Gasteiger partial charge in [0.25, 0.3) is 10.0 Å². The number of anilines is 1. The molecule has 0 aromatic heterocycles. The molecule has 0 fully saturated rings. The first-order valence-corrected chi connectivity index (χ1v) is 9.78. The molecule has 180 valence electrons. The molecule has 1 rings (SSSR count). The van der Waals surface area contributed by atoms with Gasteiger partial charge in [-0.1, -0.05) is 0 Å². The second-order valence-corrected chi connectivity index (χ2v) is 7.59. The Labute approximate surface area is 191 Å². The van der Waals surface area contributed by atoms with Crippen molar-refractivity contribution in [3.05, 3.63) is 24.3 Å². The van der Waals surface area contributed by atoms with Gasteiger partial charge in [0.15, 0.2) is 5.11 Å². The highest BCUT2D eigenvalue weighted by molar-refractivity contribution is 7.91. The average molecular weight is 519 g/mol. The van der Waals surface area contributed by atoms with Crippen LogP contribution >= 0.6 is 12.2 Å². The van der Waals surface area contributed by atoms with Gasteiger partial charge in [-0.15, -0.1) is 0 Å². The summed E-state index contributed by atoms with van der Waals surface area (Å²) in [6.07, 6.45) is 0. The summed E-state index contributed by atoms with van der Waals surface area (Å²) in [5.41, 5.74) is -0.690. The molecule has 0 spiro atoms. The number of nitrogens with one attached hydrogen (secondary N) is 1. The molecule has 0 aliphatic rings. The smallest absolute Gasteiger partial charge is 0.395 e. The fourth-order valence-electron chi connectivity index (χ4n) is 1.98. The van der Waals surface area contributed by atoms with Crippen LogP contribution in [0.5, 0.6) is 0 Å². The van der Waals surface area contributed by atoms with Gasteiger partial charge in [0, 0.05) is 0 Å². The normalized spacial score (nSPS) is 10.4. The highest BCUT2D eigenvalue weighted by Crippen LogP contribution is 2.19. The number of aliphatic carboxylic acids is 4. The van der Waals surface area contributed by atoms with E-state index in [4.69, 9.17) is 20.4 Å². The molecule has 1 aromatic rings. The molecule has 0 saturated heterocycles. The molecule has 5 N–H and O–H groups in total. The van der Waals surface area contributed by atoms with E-state index in [0.717, 1.165) is 0 Å². The Kier molecular flexibility index (Phi) is 8.20. The van der Waals surface area contributed by atoms with Gasteiger partial charge in [0.2, 0.25) is 0 Å². The number of carbonyl (C=O) groups excluding carboxylic acids is 4. The number of nitrogens with zero attached hydrogens (tertiary/aromatic N) is 2. The van der Waals surface area contributed by atoms with E-state index >= 15 is 0 Å². The SMILES string of the molecule is O=C(O)C(=O)N(C(=O)C(=O)O)C(=S)NS(=O)(=O)c1ccc(N(C(=O)C(=O)O)C(=O)C(=O)O)cc1. The molecule has 0 aliphatic carbocycles. The van der Waals surface area contributed by atoms with Gasteiger partial charge in [-0.3, -0.25) is 23.9 Å². The molecule has 34 heavy (non-hydrogen) atoms. The molecule has 4 amide bonds. The third kappa shape index (κ3) is 5.92. The summed E-state index contributed by atoms with van der Waals surface area (Å²) in [6.45, 7) is 0. The summed E-state index contributed by atoms with van der Waals surface area (Å²) in [5, 5.41) is 33.4. The van der Waals surface area contributed by atoms with E-state index < -0.39 is 78.1 Å². The third-order valence-electron chi connectivity index (χ3n) is 3.37. The molecule has 19 heteroatoms. The van der Waals surface area contributed by atoms with E-state index in [1.54, 1.807) is 0 Å². The van der Waals surface area contributed by atoms with Crippen LogP contribution < -0.4 is 9.62 Å². The van der Waals surface area contributed by atoms with Gasteiger partial charge < -0.3 is 20.4 Å². The molecular weight excluding hydrogens is 510 g/mol. The molecule has 0 aliphatic heterocycles. The number of carboxylic acid groups (broad SMARTS) is 4. The molecule has 1 aromatic carbocycles. The van der Waals surface area contributed by atoms with Crippen molar-refractivity contribution in [2.75, 3.05) is 4.90 Å². The van der Waals surface area contributed by atoms with Gasteiger partial charge in [0.1, 0.15) is 0 Å². The van der Waals surface area contributed by atoms with Crippen molar-refractivity contribution in [3.8, 4) is 0 Å². The molecule has 0 heterocycles. The van der Waals surface area contributed by atoms with Crippen molar-refractivity contribution in [1.29, 1.82) is 0 Å². The summed E-state index contributed by atoms with van der Waals surface area (Å²) in [7, 11) is -4.88. The van der Waals surface area contributed by atoms with Crippen molar-refractivity contribution in [2.24, 2.45) is 0 Å². The maximum atomic E-state index is 12.4. The number of carbonyl (C=O) groups is 8. The predicted octanol–water partition coefficient (Wildman–Crippen LogP) is -3.20. The van der Waals surface area contributed by atoms with E-state index in [1.165, 1.54) is 4.72 Å². The topological polar surface area (TPSA) is 270 Å². The molecule has 0 saturated carbocycles. The van der Waals surface area contributed by atoms with Gasteiger partial charge in [-0.05, 0) is 36.5 Å². The standard InChI is InChI=1S/C15H9N3O14S2/c19-7(11(23)24)17(8(20)12(25)26)5-1-3-6(4-2-5)34(31,32)16-15(33)18(9(21)13(27)28)10(22)14(29)30/h1-4H,(H,16,33)(H,23,24)(H,25,26)(H,27,28)(H,29,30). The number of sulfonamides is 1. The van der Waals surface area contributed by atoms with Crippen LogP contribution in [0.25, 0.3) is 0 Å². The number of carboxylic acids is 4. The highest BCUT2D eigenvalue weighted by Gasteiger charge is 2.37. The van der Waals surface area contributed by atoms with Crippen LogP contribution in [0.2, 0.25) is 0 Å². The van der Waals surface area contributed by atoms with Crippen LogP contribution in [0.3, 0.4) is 0 Å². The number of thiocarbonyl (C=S) groups is 1. The van der Waals surface area contributed by atoms with Crippen LogP contribution in [-0.4, -0.2) is 86.4 Å². The van der Waals surface area contributed by atoms with Crippen molar-refractivity contribution >= 4 is 80.5 Å². The maximum absolute atomic E-state index is 12.4. The minimum atomic E-state index is -4.88. The molecule has 0 bridgehead atoms. The molecule has 17 nitrogen and oxygen atoms in total. The van der Waals surface area contributed by atoms with Crippen LogP contribution in [0.4, 0.5) is 5.69 Å². The van der Waals surface area contributed by atoms with Crippen molar-refractivity contribution in [1.82, 2.24) is 9.62 Å². The second kappa shape index (κ2) is 10.2. The fourth-order valence-corrected chi connectivity index (χ4v) is 3.41. The number of hydrogen-bond donors (Lipinski definition) is 5. The summed E-state index contributed by atoms with van der Waals surface area (Å²) in [4.78, 5) is 88.0. The van der Waals surface area contributed by atoms with Crippen LogP contribution in [0.15, 0.2) is 29.2 Å². The zero-order chi connectivity index (χ0) is 26.5. The Bertz CT molecular complexity index is 1200. The summed E-state index contributed by atoms with van der Waals surface area (Å²) in [5.74, 6) is -17.5. The van der Waals surface area contributed by atoms with Gasteiger partial charge in [-0.2, -0.15) is 0 Å². The Morgan fingerprint density at radius 1 is 0.676 bits per heavy atom. The number of benzene rings is 1. The predicted molar refractivity (Wildman–Crippen MR) is 104 cm³/mol. The quantitative estimate of drug-likeness (QED) is 0.194. The second-order valence-electron chi connectivity index (χ2n) is 5.52. The van der Waals surface area contributed by atoms with E-state index in [-0.39, 0.29) is 4.90 Å². The van der Waals surface area contributed by atoms with Gasteiger partial charge >= 0.3 is 47.5 Å². The lowest BCUT2D eigenvalue weighted by Crippen LogP contribution is -2.53. The number of hydrogen-bond acceptors (Lipinski definition) is 11. The Balaban J connectivity index is 3.35. The molecule has 0 atom stereocenters. The molecular formula is C15H9N3O14S2. The van der Waals surface area contributed by atoms with Crippen LogP contribution in [-0.2, 0) is 48.4 Å². The molecule has 0 unspecified atom stereocenters. The Morgan fingerprint density at radius 2 is 1.03 bits per heavy atom. The van der Waals surface area contributed by atoms with Crippen LogP contribution in [0, 0.1) is 0 Å². The van der Waals surface area contributed by atoms with Crippen molar-refractivity contribution in [2.45, 2.75) is 4.90 Å². The van der Waals surface area contributed by atoms with E-state index in [9.17, 15) is 46.8 Å². The first kappa shape index (κ1) is 27.3. The molecule has 0 radical (unpaired) electrons. The lowest BCUT2D eigenvalue weighted by Gasteiger charge is -2.19. The van der Waals surface area contributed by atoms with Gasteiger partial charge in [-0.25, -0.2) is 37.4 Å². The van der Waals surface area contributed by atoms with Gasteiger partial charge in [0.05, 0.1) is 10.6 Å². The Morgan fingerprint density at radius 3 is 1.35 bits per heavy atom. The zero-order valence-corrected chi connectivity index (χ0v) is 17.5. The minimum Gasteiger partial charge on any atom is -0.474 e. The zero-order valence-electron chi connectivity index (χ0n) is 15.9. The van der Waals surface area contributed by atoms with E-state index in [1.807, 2.05) is 0 Å². The van der Waals surface area contributed by atoms with Crippen molar-refractivity contribution < 1.29 is 67.2 Å². The summed E-state index contributed by atoms with van der Waals surface area (Å²) < 4.78 is 26.2. The number of imide groups is 2. The largest absolute Gasteiger partial charge is 0.474 e. The number of rotatable bonds is 3. The minimum absolute atomic E-state index is 0.294. The summed E-state index contributed by atoms with van der Waals surface area (Å²) in [6, 6.07) is 2.45. The first-order valence-electron chi connectivity index (χ1n) is 7.89. The monoisotopic (exact) mass is 519 g/mol. The van der Waals surface area contributed by atoms with E-state index in [2.05, 4.69) is 12.2 Å². The Hall–Kier alpha value is -4.78. The van der Waals surface area contributed by atoms with E-state index in [0.29, 0.717) is 24.3 Å².